The summed E-state index contributed by atoms with van der Waals surface area (Å²) in [7, 11) is 2.17. The van der Waals surface area contributed by atoms with Gasteiger partial charge in [-0.1, -0.05) is 26.8 Å². The van der Waals surface area contributed by atoms with Crippen LogP contribution in [0.25, 0.3) is 11.4 Å². The number of ether oxygens (including phenoxy) is 1. The average Bonchev–Trinajstić information content (AvgIpc) is 2.70. The molecular weight excluding hydrogens is 479 g/mol. The molecule has 0 amide bonds. The number of rotatable bonds is 7. The first kappa shape index (κ1) is 22.2. The maximum absolute atomic E-state index is 12.5. The molecule has 3 rings (SSSR count). The lowest BCUT2D eigenvalue weighted by Crippen LogP contribution is -2.43. The molecule has 0 unspecified atom stereocenters. The summed E-state index contributed by atoms with van der Waals surface area (Å²) in [5.41, 5.74) is 2.81. The molecule has 1 aromatic carbocycles. The van der Waals surface area contributed by atoms with Crippen LogP contribution in [0.15, 0.2) is 23.0 Å². The number of nitrogens with one attached hydrogen (secondary N) is 1. The highest BCUT2D eigenvalue weighted by atomic mass is 127. The Balaban J connectivity index is 1.97. The molecule has 158 valence electrons. The van der Waals surface area contributed by atoms with Crippen molar-refractivity contribution in [1.29, 1.82) is 0 Å². The lowest BCUT2D eigenvalue weighted by Gasteiger charge is -2.32. The second-order valence-electron chi connectivity index (χ2n) is 8.03. The first-order valence-corrected chi connectivity index (χ1v) is 11.4. The lowest BCUT2D eigenvalue weighted by molar-refractivity contribution is 0.148. The first-order valence-electron chi connectivity index (χ1n) is 10.4. The number of likely N-dealkylation sites (N-methyl/N-ethyl adjacent to an activating group) is 1. The van der Waals surface area contributed by atoms with Crippen LogP contribution in [-0.4, -0.2) is 59.6 Å². The van der Waals surface area contributed by atoms with Crippen LogP contribution < -0.4 is 10.3 Å². The van der Waals surface area contributed by atoms with E-state index in [0.717, 1.165) is 56.2 Å². The number of hydrogen-bond donors (Lipinski definition) is 1. The smallest absolute Gasteiger partial charge is 0.264 e. The monoisotopic (exact) mass is 510 g/mol. The lowest BCUT2D eigenvalue weighted by atomic mass is 10.1. The number of H-pyrrole nitrogens is 1. The summed E-state index contributed by atoms with van der Waals surface area (Å²) in [6.07, 6.45) is 0.927. The van der Waals surface area contributed by atoms with E-state index >= 15 is 0 Å². The van der Waals surface area contributed by atoms with Crippen LogP contribution in [0.4, 0.5) is 0 Å². The number of aromatic amines is 1. The number of hydrogen-bond acceptors (Lipinski definition) is 5. The maximum Gasteiger partial charge on any atom is 0.264 e. The molecule has 1 aromatic heterocycles. The molecule has 1 fully saturated rings. The van der Waals surface area contributed by atoms with Gasteiger partial charge >= 0.3 is 0 Å². The zero-order valence-electron chi connectivity index (χ0n) is 17.8. The molecule has 0 bridgehead atoms. The molecule has 2 aromatic rings. The van der Waals surface area contributed by atoms with Gasteiger partial charge in [-0.15, -0.1) is 0 Å². The van der Waals surface area contributed by atoms with E-state index in [-0.39, 0.29) is 11.5 Å². The second-order valence-corrected chi connectivity index (χ2v) is 9.11. The van der Waals surface area contributed by atoms with Gasteiger partial charge < -0.3 is 14.6 Å². The number of aromatic nitrogens is 2. The summed E-state index contributed by atoms with van der Waals surface area (Å²) in [6, 6.07) is 6.27. The minimum absolute atomic E-state index is 0.0924. The molecule has 2 heterocycles. The summed E-state index contributed by atoms with van der Waals surface area (Å²) in [4.78, 5) is 25.1. The molecule has 1 saturated heterocycles. The molecule has 7 heteroatoms. The fourth-order valence-corrected chi connectivity index (χ4v) is 4.33. The van der Waals surface area contributed by atoms with Crippen LogP contribution in [0.3, 0.4) is 0 Å². The zero-order valence-corrected chi connectivity index (χ0v) is 20.0. The van der Waals surface area contributed by atoms with Crippen molar-refractivity contribution in [3.05, 3.63) is 43.4 Å². The van der Waals surface area contributed by atoms with E-state index in [1.54, 1.807) is 0 Å². The number of benzene rings is 1. The van der Waals surface area contributed by atoms with Gasteiger partial charge in [-0.25, -0.2) is 4.98 Å². The quantitative estimate of drug-likeness (QED) is 0.576. The minimum atomic E-state index is -0.0924. The molecule has 0 saturated carbocycles. The Morgan fingerprint density at radius 2 is 1.97 bits per heavy atom. The molecule has 1 aliphatic heterocycles. The third-order valence-corrected chi connectivity index (χ3v) is 6.24. The van der Waals surface area contributed by atoms with E-state index in [1.165, 1.54) is 5.56 Å². The fraction of sp³-hybridized carbons (Fsp3) is 0.545. The van der Waals surface area contributed by atoms with Gasteiger partial charge in [-0.2, -0.15) is 0 Å². The highest BCUT2D eigenvalue weighted by Gasteiger charge is 2.18. The molecule has 1 N–H and O–H groups in total. The van der Waals surface area contributed by atoms with Gasteiger partial charge in [0.05, 0.1) is 21.4 Å². The predicted octanol–water partition coefficient (Wildman–Crippen LogP) is 3.70. The van der Waals surface area contributed by atoms with Crippen LogP contribution >= 0.6 is 22.6 Å². The highest BCUT2D eigenvalue weighted by molar-refractivity contribution is 14.1. The molecule has 0 atom stereocenters. The molecule has 0 aliphatic carbocycles. The van der Waals surface area contributed by atoms with Crippen molar-refractivity contribution in [3.8, 4) is 17.1 Å². The number of nitrogens with zero attached hydrogens (tertiary/aromatic N) is 3. The first-order chi connectivity index (χ1) is 13.9. The Labute approximate surface area is 186 Å². The Bertz CT molecular complexity index is 889. The average molecular weight is 510 g/mol. The Morgan fingerprint density at radius 1 is 1.24 bits per heavy atom. The van der Waals surface area contributed by atoms with E-state index in [1.807, 2.05) is 6.07 Å². The second kappa shape index (κ2) is 10.0. The van der Waals surface area contributed by atoms with Crippen molar-refractivity contribution < 1.29 is 4.74 Å². The van der Waals surface area contributed by atoms with Gasteiger partial charge in [0.15, 0.2) is 0 Å². The van der Waals surface area contributed by atoms with E-state index < -0.39 is 0 Å². The predicted molar refractivity (Wildman–Crippen MR) is 126 cm³/mol. The molecule has 1 aliphatic rings. The van der Waals surface area contributed by atoms with Gasteiger partial charge in [-0.3, -0.25) is 9.69 Å². The SMILES string of the molecule is CCCOc1ccc(CN2CCN(C)CC2)cc1-c1nc(C(C)C)c(I)c(=O)[nH]1. The Morgan fingerprint density at radius 3 is 2.62 bits per heavy atom. The van der Waals surface area contributed by atoms with Crippen molar-refractivity contribution in [2.45, 2.75) is 39.7 Å². The molecule has 6 nitrogen and oxygen atoms in total. The summed E-state index contributed by atoms with van der Waals surface area (Å²) in [5, 5.41) is 0. The van der Waals surface area contributed by atoms with E-state index in [2.05, 4.69) is 77.3 Å². The van der Waals surface area contributed by atoms with Crippen molar-refractivity contribution in [2.24, 2.45) is 0 Å². The third kappa shape index (κ3) is 5.58. The Hall–Kier alpha value is -1.45. The number of halogens is 1. The fourth-order valence-electron chi connectivity index (χ4n) is 3.45. The van der Waals surface area contributed by atoms with Crippen LogP contribution in [0.1, 0.15) is 44.4 Å². The summed E-state index contributed by atoms with van der Waals surface area (Å²) >= 11 is 2.08. The summed E-state index contributed by atoms with van der Waals surface area (Å²) in [6.45, 7) is 12.0. The topological polar surface area (TPSA) is 61.5 Å². The maximum atomic E-state index is 12.5. The summed E-state index contributed by atoms with van der Waals surface area (Å²) in [5.74, 6) is 1.54. The van der Waals surface area contributed by atoms with Gasteiger partial charge in [-0.05, 0) is 59.7 Å². The zero-order chi connectivity index (χ0) is 21.0. The summed E-state index contributed by atoms with van der Waals surface area (Å²) < 4.78 is 6.64. The van der Waals surface area contributed by atoms with Gasteiger partial charge in [0.25, 0.3) is 5.56 Å². The molecular formula is C22H31IN4O2. The normalized spacial score (nSPS) is 15.8. The van der Waals surface area contributed by atoms with Crippen molar-refractivity contribution in [2.75, 3.05) is 39.8 Å². The minimum Gasteiger partial charge on any atom is -0.493 e. The van der Waals surface area contributed by atoms with E-state index in [4.69, 9.17) is 9.72 Å². The van der Waals surface area contributed by atoms with Crippen LogP contribution in [0.5, 0.6) is 5.75 Å². The molecule has 29 heavy (non-hydrogen) atoms. The van der Waals surface area contributed by atoms with Crippen LogP contribution in [-0.2, 0) is 6.54 Å². The van der Waals surface area contributed by atoms with Gasteiger partial charge in [0, 0.05) is 32.7 Å². The third-order valence-electron chi connectivity index (χ3n) is 5.20. The van der Waals surface area contributed by atoms with Crippen molar-refractivity contribution in [1.82, 2.24) is 19.8 Å². The Kier molecular flexibility index (Phi) is 7.70. The molecule has 0 radical (unpaired) electrons. The van der Waals surface area contributed by atoms with Crippen LogP contribution in [0.2, 0.25) is 0 Å². The van der Waals surface area contributed by atoms with E-state index in [0.29, 0.717) is 16.0 Å². The van der Waals surface area contributed by atoms with Gasteiger partial charge in [0.2, 0.25) is 0 Å². The number of piperazine rings is 1. The van der Waals surface area contributed by atoms with Crippen molar-refractivity contribution in [3.63, 3.8) is 0 Å². The van der Waals surface area contributed by atoms with Crippen molar-refractivity contribution >= 4 is 22.6 Å². The highest BCUT2D eigenvalue weighted by Crippen LogP contribution is 2.30. The largest absolute Gasteiger partial charge is 0.493 e. The van der Waals surface area contributed by atoms with E-state index in [9.17, 15) is 4.79 Å². The molecule has 0 spiro atoms. The van der Waals surface area contributed by atoms with Crippen LogP contribution in [0, 0.1) is 3.57 Å². The standard InChI is InChI=1S/C22H31IN4O2/c1-5-12-29-18-7-6-16(14-27-10-8-26(4)9-11-27)13-17(18)21-24-20(15(2)3)19(23)22(28)25-21/h6-7,13,15H,5,8-12,14H2,1-4H3,(H,24,25,28). The van der Waals surface area contributed by atoms with Gasteiger partial charge in [0.1, 0.15) is 11.6 Å².